The summed E-state index contributed by atoms with van der Waals surface area (Å²) in [5.74, 6) is -1.20. The van der Waals surface area contributed by atoms with Crippen molar-refractivity contribution in [3.8, 4) is 0 Å². The fourth-order valence-electron chi connectivity index (χ4n) is 0.889. The van der Waals surface area contributed by atoms with Crippen LogP contribution >= 0.6 is 0 Å². The standard InChI is InChI=1S/C7H15NO3.Sn.4H/c1-8(2,3)5-6(9)4-7(10)11;;;;;/h6,9H,4-5H2,1-3H3;;;;;. The Morgan fingerprint density at radius 1 is 1.50 bits per heavy atom. The fraction of sp³-hybridized carbons (Fsp3) is 0.857. The van der Waals surface area contributed by atoms with Crippen LogP contribution in [0.3, 0.4) is 0 Å². The molecule has 4 nitrogen and oxygen atoms in total. The molecule has 5 heteroatoms. The van der Waals surface area contributed by atoms with Gasteiger partial charge in [0.15, 0.2) is 0 Å². The number of carboxylic acids is 1. The summed E-state index contributed by atoms with van der Waals surface area (Å²) in [7, 11) is 5.66. The fourth-order valence-corrected chi connectivity index (χ4v) is 0.889. The van der Waals surface area contributed by atoms with Crippen molar-refractivity contribution in [1.29, 1.82) is 0 Å². The summed E-state index contributed by atoms with van der Waals surface area (Å²) in [4.78, 5) is 10.0. The molecule has 12 heavy (non-hydrogen) atoms. The van der Waals surface area contributed by atoms with Crippen molar-refractivity contribution in [3.63, 3.8) is 0 Å². The normalized spacial score (nSPS) is 13.3. The van der Waals surface area contributed by atoms with Gasteiger partial charge in [0, 0.05) is 12.4 Å². The maximum atomic E-state index is 10.0. The van der Waals surface area contributed by atoms with Crippen LogP contribution in [0.2, 0.25) is 0 Å². The van der Waals surface area contributed by atoms with Gasteiger partial charge < -0.3 is 19.5 Å². The Kier molecular flexibility index (Phi) is 7.07. The van der Waals surface area contributed by atoms with Crippen LogP contribution in [-0.2, 0) is 4.79 Å². The molecule has 1 unspecified atom stereocenters. The molecule has 0 aromatic carbocycles. The molecule has 0 rings (SSSR count). The zero-order valence-corrected chi connectivity index (χ0v) is 7.20. The number of carbonyl (C=O) groups is 1. The minimum absolute atomic E-state index is 0. The van der Waals surface area contributed by atoms with Crippen LogP contribution in [0.15, 0.2) is 0 Å². The third-order valence-electron chi connectivity index (χ3n) is 1.16. The number of aliphatic hydroxyl groups excluding tert-OH is 1. The molecule has 0 aliphatic carbocycles. The number of aliphatic hydroxyl groups is 1. The van der Waals surface area contributed by atoms with E-state index in [0.29, 0.717) is 11.0 Å². The second-order valence-electron chi connectivity index (χ2n) is 3.70. The van der Waals surface area contributed by atoms with Crippen LogP contribution in [0.4, 0.5) is 0 Å². The third-order valence-corrected chi connectivity index (χ3v) is 1.16. The van der Waals surface area contributed by atoms with Crippen LogP contribution in [-0.4, -0.2) is 73.3 Å². The van der Waals surface area contributed by atoms with Crippen molar-refractivity contribution >= 4 is 29.9 Å². The first kappa shape index (κ1) is 14.7. The van der Waals surface area contributed by atoms with Gasteiger partial charge in [0.25, 0.3) is 0 Å². The number of likely N-dealkylation sites (N-methyl/N-ethyl adjacent to an activating group) is 1. The molecule has 0 aromatic heterocycles. The van der Waals surface area contributed by atoms with Gasteiger partial charge in [-0.1, -0.05) is 0 Å². The molecule has 0 aliphatic rings. The van der Waals surface area contributed by atoms with E-state index in [9.17, 15) is 9.90 Å². The Hall–Kier alpha value is 0.189. The summed E-state index contributed by atoms with van der Waals surface area (Å²) in [5, 5.41) is 19.1. The van der Waals surface area contributed by atoms with Gasteiger partial charge >= 0.3 is 23.9 Å². The Labute approximate surface area is 89.7 Å². The van der Waals surface area contributed by atoms with Gasteiger partial charge in [-0.2, -0.15) is 0 Å². The Morgan fingerprint density at radius 3 is 2.17 bits per heavy atom. The van der Waals surface area contributed by atoms with Crippen molar-refractivity contribution in [2.75, 3.05) is 27.7 Å². The monoisotopic (exact) mass is 285 g/mol. The molecule has 0 saturated carbocycles. The third kappa shape index (κ3) is 10.2. The molecular formula is C7H19NO3Sn. The number of carbonyl (C=O) groups excluding carboxylic acids is 1. The van der Waals surface area contributed by atoms with Crippen LogP contribution in [0.1, 0.15) is 6.42 Å². The van der Waals surface area contributed by atoms with Crippen LogP contribution in [0, 0.1) is 0 Å². The van der Waals surface area contributed by atoms with E-state index < -0.39 is 12.1 Å². The molecule has 0 fully saturated rings. The summed E-state index contributed by atoms with van der Waals surface area (Å²) >= 11 is 0. The second-order valence-corrected chi connectivity index (χ2v) is 3.70. The maximum absolute atomic E-state index is 10.0. The van der Waals surface area contributed by atoms with E-state index in [1.165, 1.54) is 0 Å². The Morgan fingerprint density at radius 2 is 1.92 bits per heavy atom. The quantitative estimate of drug-likeness (QED) is 0.435. The predicted molar refractivity (Wildman–Crippen MR) is 49.9 cm³/mol. The van der Waals surface area contributed by atoms with Crippen molar-refractivity contribution in [1.82, 2.24) is 0 Å². The molecule has 0 heterocycles. The molecule has 0 saturated heterocycles. The van der Waals surface area contributed by atoms with Gasteiger partial charge in [-0.25, -0.2) is 0 Å². The van der Waals surface area contributed by atoms with Crippen molar-refractivity contribution in [2.45, 2.75) is 12.5 Å². The molecule has 74 valence electrons. The topological polar surface area (TPSA) is 60.4 Å². The van der Waals surface area contributed by atoms with Crippen molar-refractivity contribution in [2.24, 2.45) is 0 Å². The molecule has 1 N–H and O–H groups in total. The van der Waals surface area contributed by atoms with Crippen LogP contribution in [0.25, 0.3) is 0 Å². The summed E-state index contributed by atoms with van der Waals surface area (Å²) < 4.78 is 0.550. The van der Waals surface area contributed by atoms with E-state index >= 15 is 0 Å². The van der Waals surface area contributed by atoms with Crippen LogP contribution in [0.5, 0.6) is 0 Å². The number of quaternary nitrogens is 1. The summed E-state index contributed by atoms with van der Waals surface area (Å²) in [6.45, 7) is 0.425. The van der Waals surface area contributed by atoms with E-state index in [4.69, 9.17) is 5.11 Å². The first-order valence-corrected chi connectivity index (χ1v) is 3.49. The number of aliphatic carboxylic acids is 1. The molecule has 0 radical (unpaired) electrons. The van der Waals surface area contributed by atoms with Gasteiger partial charge in [-0.15, -0.1) is 0 Å². The van der Waals surface area contributed by atoms with Gasteiger partial charge in [0.1, 0.15) is 12.6 Å². The molecule has 0 amide bonds. The second kappa shape index (κ2) is 5.77. The van der Waals surface area contributed by atoms with E-state index in [1.54, 1.807) is 0 Å². The van der Waals surface area contributed by atoms with Gasteiger partial charge in [-0.3, -0.25) is 0 Å². The van der Waals surface area contributed by atoms with E-state index in [2.05, 4.69) is 0 Å². The minimum atomic E-state index is -1.20. The predicted octanol–water partition coefficient (Wildman–Crippen LogP) is -3.26. The SMILES string of the molecule is C[N+](C)(C)CC(O)CC(=O)[O-].[SnH4]. The average molecular weight is 284 g/mol. The number of hydrogen-bond acceptors (Lipinski definition) is 3. The summed E-state index contributed by atoms with van der Waals surface area (Å²) in [6.07, 6.45) is -1.09. The molecule has 0 spiro atoms. The Balaban J connectivity index is 0. The van der Waals surface area contributed by atoms with E-state index in [1.807, 2.05) is 21.1 Å². The van der Waals surface area contributed by atoms with Gasteiger partial charge in [-0.05, 0) is 0 Å². The van der Waals surface area contributed by atoms with Gasteiger partial charge in [0.2, 0.25) is 0 Å². The van der Waals surface area contributed by atoms with Crippen molar-refractivity contribution < 1.29 is 19.5 Å². The summed E-state index contributed by atoms with van der Waals surface area (Å²) in [6, 6.07) is 0. The number of hydrogen-bond donors (Lipinski definition) is 1. The van der Waals surface area contributed by atoms with Crippen LogP contribution < -0.4 is 5.11 Å². The number of carboxylic acid groups (broad SMARTS) is 1. The first-order valence-electron chi connectivity index (χ1n) is 3.49. The first-order chi connectivity index (χ1) is 4.81. The van der Waals surface area contributed by atoms with Crippen molar-refractivity contribution in [3.05, 3.63) is 0 Å². The average Bonchev–Trinajstić information content (AvgIpc) is 1.53. The molecular weight excluding hydrogens is 265 g/mol. The molecule has 1 atom stereocenters. The van der Waals surface area contributed by atoms with E-state index in [-0.39, 0.29) is 30.3 Å². The molecule has 0 bridgehead atoms. The summed E-state index contributed by atoms with van der Waals surface area (Å²) in [5.41, 5.74) is 0. The number of nitrogens with zero attached hydrogens (tertiary/aromatic N) is 1. The Bertz CT molecular complexity index is 144. The zero-order chi connectivity index (χ0) is 9.07. The molecule has 0 aromatic rings. The zero-order valence-electron chi connectivity index (χ0n) is 7.20. The van der Waals surface area contributed by atoms with E-state index in [0.717, 1.165) is 0 Å². The molecule has 0 aliphatic heterocycles. The number of rotatable bonds is 4. The van der Waals surface area contributed by atoms with Gasteiger partial charge in [0.05, 0.1) is 21.1 Å².